The lowest BCUT2D eigenvalue weighted by molar-refractivity contribution is -0.123. The summed E-state index contributed by atoms with van der Waals surface area (Å²) in [4.78, 5) is 11.8. The standard InChI is InChI=1S/C14H18F2N2O.ClH/c15-11-7-10(8-12(16)9-11)4-6-18-14(19)13-3-1-2-5-17-13;/h7-9,13,17H,1-6H2,(H,18,19);1H/t13-;/m1./s1. The maximum Gasteiger partial charge on any atom is 0.237 e. The lowest BCUT2D eigenvalue weighted by Crippen LogP contribution is -2.47. The molecule has 1 fully saturated rings. The summed E-state index contributed by atoms with van der Waals surface area (Å²) in [7, 11) is 0. The molecule has 6 heteroatoms. The smallest absolute Gasteiger partial charge is 0.237 e. The Morgan fingerprint density at radius 1 is 1.25 bits per heavy atom. The van der Waals surface area contributed by atoms with Crippen molar-refractivity contribution in [2.45, 2.75) is 31.7 Å². The van der Waals surface area contributed by atoms with Crippen LogP contribution in [0.1, 0.15) is 24.8 Å². The highest BCUT2D eigenvalue weighted by atomic mass is 35.5. The maximum absolute atomic E-state index is 13.0. The van der Waals surface area contributed by atoms with Crippen molar-refractivity contribution in [3.63, 3.8) is 0 Å². The molecule has 1 amide bonds. The highest BCUT2D eigenvalue weighted by Gasteiger charge is 2.19. The molecule has 0 aliphatic carbocycles. The van der Waals surface area contributed by atoms with Gasteiger partial charge in [-0.3, -0.25) is 4.79 Å². The van der Waals surface area contributed by atoms with Crippen LogP contribution in [0.5, 0.6) is 0 Å². The van der Waals surface area contributed by atoms with E-state index in [1.807, 2.05) is 0 Å². The van der Waals surface area contributed by atoms with Crippen LogP contribution in [-0.2, 0) is 11.2 Å². The first kappa shape index (κ1) is 16.9. The van der Waals surface area contributed by atoms with Crippen LogP contribution in [0.15, 0.2) is 18.2 Å². The maximum atomic E-state index is 13.0. The molecule has 1 aromatic carbocycles. The van der Waals surface area contributed by atoms with Gasteiger partial charge in [0.05, 0.1) is 6.04 Å². The molecule has 0 aromatic heterocycles. The molecule has 3 nitrogen and oxygen atoms in total. The number of hydrogen-bond donors (Lipinski definition) is 2. The molecule has 1 atom stereocenters. The van der Waals surface area contributed by atoms with E-state index in [0.717, 1.165) is 31.9 Å². The van der Waals surface area contributed by atoms with E-state index in [-0.39, 0.29) is 24.4 Å². The van der Waals surface area contributed by atoms with E-state index in [9.17, 15) is 13.6 Å². The molecule has 1 aliphatic heterocycles. The third-order valence-electron chi connectivity index (χ3n) is 3.26. The van der Waals surface area contributed by atoms with E-state index in [0.29, 0.717) is 18.5 Å². The van der Waals surface area contributed by atoms with Crippen molar-refractivity contribution in [1.29, 1.82) is 0 Å². The molecule has 0 unspecified atom stereocenters. The van der Waals surface area contributed by atoms with Gasteiger partial charge in [-0.15, -0.1) is 12.4 Å². The van der Waals surface area contributed by atoms with Gasteiger partial charge in [-0.25, -0.2) is 8.78 Å². The molecule has 0 spiro atoms. The summed E-state index contributed by atoms with van der Waals surface area (Å²) in [5, 5.41) is 5.95. The average Bonchev–Trinajstić information content (AvgIpc) is 2.38. The van der Waals surface area contributed by atoms with Crippen molar-refractivity contribution in [2.24, 2.45) is 0 Å². The molecule has 1 aliphatic rings. The topological polar surface area (TPSA) is 41.1 Å². The SMILES string of the molecule is Cl.O=C(NCCc1cc(F)cc(F)c1)[C@H]1CCCCN1. The van der Waals surface area contributed by atoms with E-state index in [1.54, 1.807) is 0 Å². The van der Waals surface area contributed by atoms with Crippen LogP contribution in [-0.4, -0.2) is 25.0 Å². The second-order valence-corrected chi connectivity index (χ2v) is 4.82. The predicted octanol–water partition coefficient (Wildman–Crippen LogP) is 2.19. The molecule has 0 bridgehead atoms. The zero-order valence-corrected chi connectivity index (χ0v) is 11.9. The molecule has 1 saturated heterocycles. The molecule has 1 heterocycles. The fourth-order valence-corrected chi connectivity index (χ4v) is 2.28. The van der Waals surface area contributed by atoms with Crippen molar-refractivity contribution in [1.82, 2.24) is 10.6 Å². The van der Waals surface area contributed by atoms with E-state index in [2.05, 4.69) is 10.6 Å². The van der Waals surface area contributed by atoms with Crippen LogP contribution in [0.3, 0.4) is 0 Å². The van der Waals surface area contributed by atoms with Gasteiger partial charge in [0.15, 0.2) is 0 Å². The average molecular weight is 305 g/mol. The van der Waals surface area contributed by atoms with Crippen LogP contribution >= 0.6 is 12.4 Å². The first-order valence-corrected chi connectivity index (χ1v) is 6.61. The van der Waals surface area contributed by atoms with Crippen molar-refractivity contribution in [3.8, 4) is 0 Å². The minimum Gasteiger partial charge on any atom is -0.354 e. The highest BCUT2D eigenvalue weighted by molar-refractivity contribution is 5.85. The van der Waals surface area contributed by atoms with Crippen molar-refractivity contribution in [2.75, 3.05) is 13.1 Å². The number of piperidine rings is 1. The quantitative estimate of drug-likeness (QED) is 0.895. The number of amides is 1. The van der Waals surface area contributed by atoms with Gasteiger partial charge in [0, 0.05) is 12.6 Å². The number of hydrogen-bond acceptors (Lipinski definition) is 2. The Labute approximate surface area is 123 Å². The van der Waals surface area contributed by atoms with Gasteiger partial charge >= 0.3 is 0 Å². The third-order valence-corrected chi connectivity index (χ3v) is 3.26. The van der Waals surface area contributed by atoms with Crippen LogP contribution in [0.4, 0.5) is 8.78 Å². The minimum absolute atomic E-state index is 0. The van der Waals surface area contributed by atoms with E-state index >= 15 is 0 Å². The monoisotopic (exact) mass is 304 g/mol. The van der Waals surface area contributed by atoms with Crippen molar-refractivity contribution >= 4 is 18.3 Å². The normalized spacial score (nSPS) is 18.2. The molecular weight excluding hydrogens is 286 g/mol. The first-order chi connectivity index (χ1) is 9.15. The second kappa shape index (κ2) is 8.17. The number of rotatable bonds is 4. The molecule has 0 saturated carbocycles. The largest absolute Gasteiger partial charge is 0.354 e. The summed E-state index contributed by atoms with van der Waals surface area (Å²) < 4.78 is 25.9. The summed E-state index contributed by atoms with van der Waals surface area (Å²) in [5.74, 6) is -1.21. The van der Waals surface area contributed by atoms with Gasteiger partial charge in [-0.1, -0.05) is 6.42 Å². The van der Waals surface area contributed by atoms with Crippen molar-refractivity contribution < 1.29 is 13.6 Å². The lowest BCUT2D eigenvalue weighted by atomic mass is 10.0. The molecule has 2 N–H and O–H groups in total. The summed E-state index contributed by atoms with van der Waals surface area (Å²) in [6, 6.07) is 3.29. The van der Waals surface area contributed by atoms with Crippen molar-refractivity contribution in [3.05, 3.63) is 35.4 Å². The Morgan fingerprint density at radius 3 is 2.55 bits per heavy atom. The Hall–Kier alpha value is -1.20. The van der Waals surface area contributed by atoms with Crippen LogP contribution < -0.4 is 10.6 Å². The molecule has 20 heavy (non-hydrogen) atoms. The van der Waals surface area contributed by atoms with E-state index < -0.39 is 11.6 Å². The third kappa shape index (κ3) is 5.06. The Balaban J connectivity index is 0.00000200. The zero-order valence-electron chi connectivity index (χ0n) is 11.1. The molecule has 112 valence electrons. The van der Waals surface area contributed by atoms with E-state index in [4.69, 9.17) is 0 Å². The fraction of sp³-hybridized carbons (Fsp3) is 0.500. The summed E-state index contributed by atoms with van der Waals surface area (Å²) in [6.07, 6.45) is 3.43. The van der Waals surface area contributed by atoms with Crippen LogP contribution in [0, 0.1) is 11.6 Å². The molecule has 0 radical (unpaired) electrons. The van der Waals surface area contributed by atoms with Gasteiger partial charge in [-0.2, -0.15) is 0 Å². The second-order valence-electron chi connectivity index (χ2n) is 4.82. The zero-order chi connectivity index (χ0) is 13.7. The summed E-state index contributed by atoms with van der Waals surface area (Å²) >= 11 is 0. The number of carbonyl (C=O) groups is 1. The van der Waals surface area contributed by atoms with Gasteiger partial charge in [-0.05, 0) is 43.5 Å². The van der Waals surface area contributed by atoms with Gasteiger partial charge < -0.3 is 10.6 Å². The van der Waals surface area contributed by atoms with Gasteiger partial charge in [0.2, 0.25) is 5.91 Å². The Kier molecular flexibility index (Phi) is 6.88. The first-order valence-electron chi connectivity index (χ1n) is 6.61. The van der Waals surface area contributed by atoms with Gasteiger partial charge in [0.1, 0.15) is 11.6 Å². The molecule has 1 aromatic rings. The Morgan fingerprint density at radius 2 is 1.95 bits per heavy atom. The minimum atomic E-state index is -0.588. The highest BCUT2D eigenvalue weighted by Crippen LogP contribution is 2.09. The number of nitrogens with one attached hydrogen (secondary N) is 2. The van der Waals surface area contributed by atoms with Crippen LogP contribution in [0.25, 0.3) is 0 Å². The van der Waals surface area contributed by atoms with Crippen LogP contribution in [0.2, 0.25) is 0 Å². The van der Waals surface area contributed by atoms with Gasteiger partial charge in [0.25, 0.3) is 0 Å². The number of benzene rings is 1. The summed E-state index contributed by atoms with van der Waals surface area (Å²) in [5.41, 5.74) is 0.550. The number of carbonyl (C=O) groups excluding carboxylic acids is 1. The fourth-order valence-electron chi connectivity index (χ4n) is 2.28. The lowest BCUT2D eigenvalue weighted by Gasteiger charge is -2.22. The predicted molar refractivity (Wildman–Crippen MR) is 76.0 cm³/mol. The number of halogens is 3. The summed E-state index contributed by atoms with van der Waals surface area (Å²) in [6.45, 7) is 1.26. The molecular formula is C14H19ClF2N2O. The Bertz CT molecular complexity index is 431. The van der Waals surface area contributed by atoms with E-state index in [1.165, 1.54) is 12.1 Å². The molecule has 2 rings (SSSR count).